The van der Waals surface area contributed by atoms with Crippen molar-refractivity contribution in [3.8, 4) is 11.3 Å². The van der Waals surface area contributed by atoms with E-state index in [4.69, 9.17) is 33.6 Å². The Kier molecular flexibility index (Phi) is 7.60. The van der Waals surface area contributed by atoms with E-state index in [-0.39, 0.29) is 17.5 Å². The zero-order valence-electron chi connectivity index (χ0n) is 17.0. The molecule has 8 heteroatoms. The molecule has 6 nitrogen and oxygen atoms in total. The van der Waals surface area contributed by atoms with Crippen molar-refractivity contribution in [2.45, 2.75) is 13.8 Å². The van der Waals surface area contributed by atoms with Crippen LogP contribution in [0.4, 0.5) is 0 Å². The number of rotatable bonds is 6. The van der Waals surface area contributed by atoms with Crippen LogP contribution in [0.15, 0.2) is 81.8 Å². The number of nitrogens with one attached hydrogen (secondary N) is 3. The Morgan fingerprint density at radius 3 is 2.52 bits per heavy atom. The van der Waals surface area contributed by atoms with Crippen molar-refractivity contribution in [2.24, 2.45) is 5.92 Å². The number of ether oxygens (including phenoxy) is 1. The van der Waals surface area contributed by atoms with Crippen LogP contribution in [0.3, 0.4) is 0 Å². The Morgan fingerprint density at radius 2 is 1.84 bits per heavy atom. The number of hydrogen-bond donors (Lipinski definition) is 3. The smallest absolute Gasteiger partial charge is 0.293 e. The molecule has 1 aliphatic carbocycles. The zero-order chi connectivity index (χ0) is 22.2. The zero-order valence-corrected chi connectivity index (χ0v) is 18.7. The maximum Gasteiger partial charge on any atom is 0.293 e. The van der Waals surface area contributed by atoms with Gasteiger partial charge in [0.05, 0.1) is 0 Å². The van der Waals surface area contributed by atoms with Gasteiger partial charge in [0.1, 0.15) is 17.4 Å². The number of carbonyl (C=O) groups is 1. The molecule has 0 bridgehead atoms. The van der Waals surface area contributed by atoms with Gasteiger partial charge in [-0.1, -0.05) is 62.1 Å². The Labute approximate surface area is 191 Å². The summed E-state index contributed by atoms with van der Waals surface area (Å²) < 4.78 is 11.2. The predicted octanol–water partition coefficient (Wildman–Crippen LogP) is 4.19. The minimum absolute atomic E-state index is 0.0474. The van der Waals surface area contributed by atoms with Crippen molar-refractivity contribution < 1.29 is 13.9 Å². The second-order valence-electron chi connectivity index (χ2n) is 6.83. The highest BCUT2D eigenvalue weighted by Gasteiger charge is 2.14. The van der Waals surface area contributed by atoms with Crippen LogP contribution < -0.4 is 16.2 Å². The number of carbonyl (C=O) groups excluding carboxylic acids is 1. The summed E-state index contributed by atoms with van der Waals surface area (Å²) in [6, 6.07) is 12.8. The fourth-order valence-electron chi connectivity index (χ4n) is 2.52. The number of allylic oxidation sites excluding steroid dienone is 3. The van der Waals surface area contributed by atoms with Crippen LogP contribution in [0.5, 0.6) is 0 Å². The van der Waals surface area contributed by atoms with E-state index < -0.39 is 5.91 Å². The summed E-state index contributed by atoms with van der Waals surface area (Å²) in [6.45, 7) is 4.28. The third-order valence-corrected chi connectivity index (χ3v) is 4.58. The van der Waals surface area contributed by atoms with Gasteiger partial charge in [-0.25, -0.2) is 0 Å². The lowest BCUT2D eigenvalue weighted by molar-refractivity contribution is 0.0950. The first-order chi connectivity index (χ1) is 14.9. The second-order valence-corrected chi connectivity index (χ2v) is 7.73. The topological polar surface area (TPSA) is 75.5 Å². The number of thiocarbonyl (C=S) groups is 2. The monoisotopic (exact) mass is 451 g/mol. The molecule has 0 aliphatic heterocycles. The van der Waals surface area contributed by atoms with E-state index in [1.807, 2.05) is 42.5 Å². The van der Waals surface area contributed by atoms with Crippen LogP contribution in [0, 0.1) is 5.92 Å². The molecule has 1 aliphatic rings. The molecule has 2 aromatic rings. The number of hydrazine groups is 1. The summed E-state index contributed by atoms with van der Waals surface area (Å²) in [5, 5.41) is 2.57. The summed E-state index contributed by atoms with van der Waals surface area (Å²) in [6.07, 6.45) is 3.76. The van der Waals surface area contributed by atoms with E-state index in [1.54, 1.807) is 12.1 Å². The molecule has 3 rings (SSSR count). The van der Waals surface area contributed by atoms with E-state index in [1.165, 1.54) is 0 Å². The lowest BCUT2D eigenvalue weighted by atomic mass is 10.0. The molecule has 0 spiro atoms. The number of amides is 1. The summed E-state index contributed by atoms with van der Waals surface area (Å²) in [4.78, 5) is 12.7. The molecule has 158 valence electrons. The molecule has 0 atom stereocenters. The molecular weight excluding hydrogens is 430 g/mol. The molecule has 31 heavy (non-hydrogen) atoms. The van der Waals surface area contributed by atoms with E-state index in [0.717, 1.165) is 11.1 Å². The van der Waals surface area contributed by atoms with Gasteiger partial charge in [-0.3, -0.25) is 21.0 Å². The molecule has 0 unspecified atom stereocenters. The molecule has 1 aromatic heterocycles. The van der Waals surface area contributed by atoms with Crippen molar-refractivity contribution in [1.82, 2.24) is 16.2 Å². The van der Waals surface area contributed by atoms with Gasteiger partial charge in [-0.05, 0) is 48.2 Å². The highest BCUT2D eigenvalue weighted by Crippen LogP contribution is 2.21. The van der Waals surface area contributed by atoms with Gasteiger partial charge in [0.15, 0.2) is 16.6 Å². The van der Waals surface area contributed by atoms with Gasteiger partial charge in [-0.2, -0.15) is 0 Å². The molecule has 3 N–H and O–H groups in total. The molecule has 0 saturated heterocycles. The van der Waals surface area contributed by atoms with Crippen molar-refractivity contribution in [2.75, 3.05) is 6.61 Å². The minimum Gasteiger partial charge on any atom is -0.478 e. The van der Waals surface area contributed by atoms with Crippen LogP contribution in [-0.4, -0.2) is 22.6 Å². The minimum atomic E-state index is -0.473. The van der Waals surface area contributed by atoms with Crippen molar-refractivity contribution in [3.05, 3.63) is 83.2 Å². The first kappa shape index (κ1) is 22.3. The molecule has 1 aromatic carbocycles. The SMILES string of the molecule is CC(C)C1=C=C=C(OCC(=S)NNC(=S)NC(=O)c2ccc(-c3ccccc3)o2)C=C1. The standard InChI is InChI=1S/C23H21N3O3S2/c1-15(2)16-8-10-18(11-9-16)28-14-21(30)25-26-23(31)24-22(27)20-13-12-19(29-20)17-6-4-3-5-7-17/h3-8,10,12-13,15H,14H2,1-2H3,(H,25,30)(H2,24,26,27,31). The van der Waals surface area contributed by atoms with Crippen LogP contribution in [0.2, 0.25) is 0 Å². The Morgan fingerprint density at radius 1 is 1.06 bits per heavy atom. The molecule has 1 heterocycles. The molecule has 0 radical (unpaired) electrons. The molecule has 0 fully saturated rings. The van der Waals surface area contributed by atoms with Crippen molar-refractivity contribution in [3.63, 3.8) is 0 Å². The highest BCUT2D eigenvalue weighted by molar-refractivity contribution is 7.80. The van der Waals surface area contributed by atoms with E-state index in [0.29, 0.717) is 22.4 Å². The number of furan rings is 1. The predicted molar refractivity (Wildman–Crippen MR) is 127 cm³/mol. The van der Waals surface area contributed by atoms with Gasteiger partial charge in [0, 0.05) is 11.1 Å². The summed E-state index contributed by atoms with van der Waals surface area (Å²) in [5.74, 6) is 1.18. The Bertz CT molecular complexity index is 1120. The normalized spacial score (nSPS) is 12.1. The Balaban J connectivity index is 1.43. The summed E-state index contributed by atoms with van der Waals surface area (Å²) in [5.41, 5.74) is 13.3. The van der Waals surface area contributed by atoms with Crippen LogP contribution in [-0.2, 0) is 4.74 Å². The summed E-state index contributed by atoms with van der Waals surface area (Å²) >= 11 is 10.3. The molecular formula is C23H21N3O3S2. The average molecular weight is 452 g/mol. The van der Waals surface area contributed by atoms with Crippen molar-refractivity contribution in [1.29, 1.82) is 0 Å². The van der Waals surface area contributed by atoms with Gasteiger partial charge < -0.3 is 9.15 Å². The van der Waals surface area contributed by atoms with Gasteiger partial charge in [0.2, 0.25) is 0 Å². The maximum absolute atomic E-state index is 12.3. The number of benzene rings is 1. The summed E-state index contributed by atoms with van der Waals surface area (Å²) in [7, 11) is 0. The van der Waals surface area contributed by atoms with Gasteiger partial charge in [-0.15, -0.1) is 0 Å². The van der Waals surface area contributed by atoms with Crippen LogP contribution >= 0.6 is 24.4 Å². The third kappa shape index (κ3) is 6.54. The lowest BCUT2D eigenvalue weighted by Gasteiger charge is -2.13. The lowest BCUT2D eigenvalue weighted by Crippen LogP contribution is -2.48. The first-order valence-electron chi connectivity index (χ1n) is 9.54. The quantitative estimate of drug-likeness (QED) is 0.345. The molecule has 0 saturated carbocycles. The third-order valence-electron chi connectivity index (χ3n) is 4.16. The maximum atomic E-state index is 12.3. The fourth-order valence-corrected chi connectivity index (χ4v) is 2.78. The van der Waals surface area contributed by atoms with Gasteiger partial charge in [0.25, 0.3) is 5.91 Å². The largest absolute Gasteiger partial charge is 0.478 e. The fraction of sp³-hybridized carbons (Fsp3) is 0.174. The van der Waals surface area contributed by atoms with Crippen LogP contribution in [0.1, 0.15) is 24.4 Å². The van der Waals surface area contributed by atoms with E-state index in [9.17, 15) is 4.79 Å². The van der Waals surface area contributed by atoms with Gasteiger partial charge >= 0.3 is 0 Å². The van der Waals surface area contributed by atoms with E-state index >= 15 is 0 Å². The average Bonchev–Trinajstić information content (AvgIpc) is 3.28. The first-order valence-corrected chi connectivity index (χ1v) is 10.4. The second kappa shape index (κ2) is 10.6. The number of hydrogen-bond acceptors (Lipinski definition) is 5. The Hall–Kier alpha value is -3.41. The highest BCUT2D eigenvalue weighted by atomic mass is 32.1. The molecule has 1 amide bonds. The van der Waals surface area contributed by atoms with E-state index in [2.05, 4.69) is 41.5 Å². The van der Waals surface area contributed by atoms with Crippen molar-refractivity contribution >= 4 is 40.4 Å². The van der Waals surface area contributed by atoms with Crippen LogP contribution in [0.25, 0.3) is 11.3 Å².